The molecule has 1 unspecified atom stereocenters. The van der Waals surface area contributed by atoms with Crippen LogP contribution in [0.1, 0.15) is 40.3 Å². The zero-order valence-electron chi connectivity index (χ0n) is 19.3. The van der Waals surface area contributed by atoms with E-state index in [-0.39, 0.29) is 12.7 Å². The quantitative estimate of drug-likeness (QED) is 0.408. The van der Waals surface area contributed by atoms with Gasteiger partial charge in [0.25, 0.3) is 0 Å². The van der Waals surface area contributed by atoms with E-state index in [0.717, 1.165) is 46.9 Å². The number of carbonyl (C=O) groups is 1. The van der Waals surface area contributed by atoms with E-state index in [0.29, 0.717) is 36.4 Å². The number of hydrogen-bond acceptors (Lipinski definition) is 6. The molecule has 0 amide bonds. The number of ether oxygens (including phenoxy) is 3. The molecule has 1 aliphatic carbocycles. The van der Waals surface area contributed by atoms with Crippen molar-refractivity contribution < 1.29 is 32.2 Å². The number of carbonyl (C=O) groups excluding carboxylic acids is 1. The lowest BCUT2D eigenvalue weighted by Gasteiger charge is -2.28. The fourth-order valence-corrected chi connectivity index (χ4v) is 5.95. The molecule has 2 heterocycles. The summed E-state index contributed by atoms with van der Waals surface area (Å²) < 4.78 is 58.3. The molecule has 0 bridgehead atoms. The minimum absolute atomic E-state index is 0.263. The fourth-order valence-electron chi connectivity index (χ4n) is 4.97. The van der Waals surface area contributed by atoms with Gasteiger partial charge >= 0.3 is 12.1 Å². The second-order valence-corrected chi connectivity index (χ2v) is 10.1. The number of halogens is 3. The molecule has 0 spiro atoms. The highest BCUT2D eigenvalue weighted by Crippen LogP contribution is 2.44. The van der Waals surface area contributed by atoms with Crippen LogP contribution in [0.25, 0.3) is 5.57 Å². The van der Waals surface area contributed by atoms with E-state index < -0.39 is 17.7 Å². The molecule has 2 aliphatic heterocycles. The Morgan fingerprint density at radius 3 is 2.77 bits per heavy atom. The maximum atomic E-state index is 13.9. The average Bonchev–Trinajstić information content (AvgIpc) is 3.43. The second-order valence-electron chi connectivity index (χ2n) is 8.83. The van der Waals surface area contributed by atoms with Crippen LogP contribution in [0.5, 0.6) is 11.5 Å². The number of thioether (sulfide) groups is 1. The van der Waals surface area contributed by atoms with Crippen molar-refractivity contribution in [2.24, 2.45) is 0 Å². The van der Waals surface area contributed by atoms with E-state index in [1.54, 1.807) is 18.2 Å². The monoisotopic (exact) mass is 505 g/mol. The molecule has 1 fully saturated rings. The maximum absolute atomic E-state index is 13.9. The van der Waals surface area contributed by atoms with Crippen LogP contribution in [0.4, 0.5) is 13.2 Å². The Morgan fingerprint density at radius 2 is 2.03 bits per heavy atom. The van der Waals surface area contributed by atoms with E-state index in [2.05, 4.69) is 9.64 Å². The summed E-state index contributed by atoms with van der Waals surface area (Å²) in [4.78, 5) is 13.7. The molecule has 3 aliphatic rings. The van der Waals surface area contributed by atoms with Gasteiger partial charge in [0.1, 0.15) is 24.2 Å². The highest BCUT2D eigenvalue weighted by Gasteiger charge is 2.38. The van der Waals surface area contributed by atoms with Gasteiger partial charge < -0.3 is 14.2 Å². The highest BCUT2D eigenvalue weighted by atomic mass is 32.2. The van der Waals surface area contributed by atoms with Gasteiger partial charge in [-0.25, -0.2) is 4.79 Å². The van der Waals surface area contributed by atoms with Gasteiger partial charge in [0, 0.05) is 54.4 Å². The average molecular weight is 506 g/mol. The predicted molar refractivity (Wildman–Crippen MR) is 128 cm³/mol. The number of fused-ring (bicyclic) bond motifs is 2. The second kappa shape index (κ2) is 9.78. The van der Waals surface area contributed by atoms with Crippen LogP contribution in [0.3, 0.4) is 0 Å². The Balaban J connectivity index is 1.40. The number of methoxy groups -OCH3 is 1. The lowest BCUT2D eigenvalue weighted by molar-refractivity contribution is -0.138. The van der Waals surface area contributed by atoms with Crippen molar-refractivity contribution in [2.45, 2.75) is 31.7 Å². The Hall–Kier alpha value is -2.65. The lowest BCUT2D eigenvalue weighted by Crippen LogP contribution is -2.33. The van der Waals surface area contributed by atoms with Crippen LogP contribution in [-0.4, -0.2) is 49.2 Å². The molecular weight excluding hydrogens is 479 g/mol. The van der Waals surface area contributed by atoms with Crippen LogP contribution in [0.2, 0.25) is 0 Å². The van der Waals surface area contributed by atoms with Gasteiger partial charge in [-0.1, -0.05) is 6.07 Å². The van der Waals surface area contributed by atoms with E-state index in [1.807, 2.05) is 17.8 Å². The number of benzene rings is 2. The van der Waals surface area contributed by atoms with Crippen molar-refractivity contribution in [2.75, 3.05) is 38.3 Å². The SMILES string of the molecule is COC(=O)C=C1COc2cc(OC3CCc4c3ccc(C(F)(F)F)c4CN3CCSCC3)ccc21. The highest BCUT2D eigenvalue weighted by molar-refractivity contribution is 7.99. The summed E-state index contributed by atoms with van der Waals surface area (Å²) in [5.41, 5.74) is 2.97. The van der Waals surface area contributed by atoms with Crippen molar-refractivity contribution in [1.82, 2.24) is 4.90 Å². The molecule has 35 heavy (non-hydrogen) atoms. The van der Waals surface area contributed by atoms with Gasteiger partial charge in [0.15, 0.2) is 0 Å². The van der Waals surface area contributed by atoms with Crippen molar-refractivity contribution in [3.63, 3.8) is 0 Å². The maximum Gasteiger partial charge on any atom is 0.416 e. The minimum atomic E-state index is -4.39. The first kappa shape index (κ1) is 24.1. The molecule has 0 aromatic heterocycles. The van der Waals surface area contributed by atoms with Crippen LogP contribution in [-0.2, 0) is 28.7 Å². The molecule has 5 rings (SSSR count). The number of alkyl halides is 3. The molecule has 2 aromatic carbocycles. The van der Waals surface area contributed by atoms with Gasteiger partial charge in [-0.2, -0.15) is 24.9 Å². The summed E-state index contributed by atoms with van der Waals surface area (Å²) in [6.45, 7) is 2.17. The van der Waals surface area contributed by atoms with Crippen LogP contribution >= 0.6 is 11.8 Å². The molecule has 0 radical (unpaired) electrons. The minimum Gasteiger partial charge on any atom is -0.488 e. The Morgan fingerprint density at radius 1 is 1.23 bits per heavy atom. The molecule has 9 heteroatoms. The van der Waals surface area contributed by atoms with Gasteiger partial charge in [0.2, 0.25) is 0 Å². The summed E-state index contributed by atoms with van der Waals surface area (Å²) in [6, 6.07) is 8.18. The molecular formula is C26H26F3NO4S. The van der Waals surface area contributed by atoms with E-state index in [9.17, 15) is 18.0 Å². The van der Waals surface area contributed by atoms with Gasteiger partial charge in [-0.15, -0.1) is 0 Å². The smallest absolute Gasteiger partial charge is 0.416 e. The van der Waals surface area contributed by atoms with Crippen molar-refractivity contribution in [1.29, 1.82) is 0 Å². The first-order chi connectivity index (χ1) is 16.8. The molecule has 0 N–H and O–H groups in total. The summed E-state index contributed by atoms with van der Waals surface area (Å²) in [5.74, 6) is 2.62. The Kier molecular flexibility index (Phi) is 6.72. The van der Waals surface area contributed by atoms with Gasteiger partial charge in [-0.05, 0) is 47.7 Å². The zero-order valence-corrected chi connectivity index (χ0v) is 20.1. The number of nitrogens with zero attached hydrogens (tertiary/aromatic N) is 1. The fraction of sp³-hybridized carbons (Fsp3) is 0.423. The van der Waals surface area contributed by atoms with Crippen LogP contribution < -0.4 is 9.47 Å². The zero-order chi connectivity index (χ0) is 24.6. The summed E-state index contributed by atoms with van der Waals surface area (Å²) in [5, 5.41) is 0. The predicted octanol–water partition coefficient (Wildman–Crippen LogP) is 5.27. The third kappa shape index (κ3) is 5.02. The van der Waals surface area contributed by atoms with E-state index in [4.69, 9.17) is 9.47 Å². The molecule has 0 saturated carbocycles. The number of rotatable bonds is 5. The van der Waals surface area contributed by atoms with Crippen molar-refractivity contribution >= 4 is 23.3 Å². The lowest BCUT2D eigenvalue weighted by atomic mass is 9.96. The molecule has 1 saturated heterocycles. The first-order valence-corrected chi connectivity index (χ1v) is 12.7. The summed E-state index contributed by atoms with van der Waals surface area (Å²) >= 11 is 1.84. The van der Waals surface area contributed by atoms with E-state index in [1.165, 1.54) is 19.3 Å². The molecule has 1 atom stereocenters. The Labute approximate surface area is 206 Å². The molecule has 5 nitrogen and oxygen atoms in total. The van der Waals surface area contributed by atoms with Gasteiger partial charge in [-0.3, -0.25) is 4.90 Å². The number of esters is 1. The molecule has 186 valence electrons. The third-order valence-electron chi connectivity index (χ3n) is 6.72. The normalized spacial score (nSPS) is 20.9. The first-order valence-electron chi connectivity index (χ1n) is 11.6. The van der Waals surface area contributed by atoms with Crippen LogP contribution in [0, 0.1) is 0 Å². The van der Waals surface area contributed by atoms with Crippen molar-refractivity contribution in [3.05, 3.63) is 64.2 Å². The van der Waals surface area contributed by atoms with Crippen LogP contribution in [0.15, 0.2) is 36.4 Å². The van der Waals surface area contributed by atoms with Crippen molar-refractivity contribution in [3.8, 4) is 11.5 Å². The summed E-state index contributed by atoms with van der Waals surface area (Å²) in [6.07, 6.45) is -2.14. The van der Waals surface area contributed by atoms with E-state index >= 15 is 0 Å². The summed E-state index contributed by atoms with van der Waals surface area (Å²) in [7, 11) is 1.32. The number of hydrogen-bond donors (Lipinski definition) is 0. The largest absolute Gasteiger partial charge is 0.488 e. The Bertz CT molecular complexity index is 1160. The van der Waals surface area contributed by atoms with Gasteiger partial charge in [0.05, 0.1) is 12.7 Å². The standard InChI is InChI=1S/C26H26F3NO4S/c1-32-25(31)12-16-15-33-24-13-17(2-3-18(16)24)34-23-7-5-19-20(23)4-6-22(26(27,28)29)21(19)14-30-8-10-35-11-9-30/h2-4,6,12-13,23H,5,7-11,14-15H2,1H3. The molecule has 2 aromatic rings. The topological polar surface area (TPSA) is 48.0 Å². The third-order valence-corrected chi connectivity index (χ3v) is 7.66.